The zero-order valence-corrected chi connectivity index (χ0v) is 27.6. The molecule has 2 N–H and O–H groups in total. The van der Waals surface area contributed by atoms with Crippen LogP contribution in [0.5, 0.6) is 11.5 Å². The summed E-state index contributed by atoms with van der Waals surface area (Å²) in [6.45, 7) is 30.6. The number of aromatic hydroxyl groups is 2. The van der Waals surface area contributed by atoms with Gasteiger partial charge in [0.15, 0.2) is 0 Å². The van der Waals surface area contributed by atoms with Crippen LogP contribution >= 0.6 is 23.5 Å². The molecule has 0 bridgehead atoms. The van der Waals surface area contributed by atoms with Crippen molar-refractivity contribution >= 4 is 23.5 Å². The SMILES string of the molecule is CCC(CC)(Sc1cc(C(C)(C)C)c(O)c(C(C)(C)C)c1)Sc1cc(C(C)(C)C)c(O)c(C(C)(C)C)c1. The third kappa shape index (κ3) is 7.44. The van der Waals surface area contributed by atoms with Crippen molar-refractivity contribution in [1.82, 2.24) is 0 Å². The smallest absolute Gasteiger partial charge is 0.123 e. The first-order valence-corrected chi connectivity index (χ1v) is 15.3. The molecule has 2 aromatic rings. The third-order valence-corrected chi connectivity index (χ3v) is 10.4. The second-order valence-electron chi connectivity index (χ2n) is 14.6. The molecule has 0 saturated heterocycles. The first kappa shape index (κ1) is 32.0. The van der Waals surface area contributed by atoms with Crippen molar-refractivity contribution in [3.8, 4) is 11.5 Å². The largest absolute Gasteiger partial charge is 0.507 e. The van der Waals surface area contributed by atoms with Crippen LogP contribution in [-0.2, 0) is 21.7 Å². The molecule has 0 aliphatic carbocycles. The molecule has 37 heavy (non-hydrogen) atoms. The standard InChI is InChI=1S/C33H52O2S2/c1-15-33(16-2,36-21-17-23(29(3,4)5)27(34)24(18-21)30(6,7)8)37-22-19-25(31(9,10)11)28(35)26(20-22)32(12,13)14/h17-20,34-35H,15-16H2,1-14H3. The highest BCUT2D eigenvalue weighted by Crippen LogP contribution is 2.54. The van der Waals surface area contributed by atoms with Crippen molar-refractivity contribution in [3.05, 3.63) is 46.5 Å². The molecule has 208 valence electrons. The van der Waals surface area contributed by atoms with Gasteiger partial charge in [-0.15, -0.1) is 23.5 Å². The molecule has 2 nitrogen and oxygen atoms in total. The molecule has 4 heteroatoms. The number of phenols is 2. The summed E-state index contributed by atoms with van der Waals surface area (Å²) in [5.74, 6) is 0.859. The zero-order valence-electron chi connectivity index (χ0n) is 25.9. The topological polar surface area (TPSA) is 40.5 Å². The maximum absolute atomic E-state index is 11.2. The molecule has 2 aromatic carbocycles. The first-order chi connectivity index (χ1) is 16.6. The van der Waals surface area contributed by atoms with Crippen LogP contribution in [0.25, 0.3) is 0 Å². The fraction of sp³-hybridized carbons (Fsp3) is 0.636. The molecule has 0 aliphatic rings. The second-order valence-corrected chi connectivity index (χ2v) is 17.7. The van der Waals surface area contributed by atoms with Crippen molar-refractivity contribution < 1.29 is 10.2 Å². The minimum Gasteiger partial charge on any atom is -0.507 e. The van der Waals surface area contributed by atoms with E-state index < -0.39 is 0 Å². The van der Waals surface area contributed by atoms with Gasteiger partial charge in [0, 0.05) is 32.0 Å². The molecular weight excluding hydrogens is 492 g/mol. The van der Waals surface area contributed by atoms with Crippen LogP contribution in [0.2, 0.25) is 0 Å². The maximum atomic E-state index is 11.2. The molecule has 0 saturated carbocycles. The first-order valence-electron chi connectivity index (χ1n) is 13.7. The van der Waals surface area contributed by atoms with Gasteiger partial charge in [-0.2, -0.15) is 0 Å². The lowest BCUT2D eigenvalue weighted by Gasteiger charge is -2.34. The second kappa shape index (κ2) is 10.7. The van der Waals surface area contributed by atoms with Gasteiger partial charge in [-0.25, -0.2) is 0 Å². The van der Waals surface area contributed by atoms with Crippen LogP contribution in [0.4, 0.5) is 0 Å². The Bertz CT molecular complexity index is 944. The van der Waals surface area contributed by atoms with Crippen LogP contribution in [0.1, 0.15) is 132 Å². The number of hydrogen-bond donors (Lipinski definition) is 2. The van der Waals surface area contributed by atoms with Crippen molar-refractivity contribution in [2.75, 3.05) is 0 Å². The van der Waals surface area contributed by atoms with E-state index in [1.54, 1.807) is 0 Å². The van der Waals surface area contributed by atoms with Gasteiger partial charge in [0.2, 0.25) is 0 Å². The van der Waals surface area contributed by atoms with E-state index in [1.807, 2.05) is 23.5 Å². The molecule has 0 amide bonds. The summed E-state index contributed by atoms with van der Waals surface area (Å²) >= 11 is 3.84. The Morgan fingerprint density at radius 2 is 0.703 bits per heavy atom. The van der Waals surface area contributed by atoms with Crippen LogP contribution < -0.4 is 0 Å². The summed E-state index contributed by atoms with van der Waals surface area (Å²) < 4.78 is -0.0808. The molecule has 0 aromatic heterocycles. The summed E-state index contributed by atoms with van der Waals surface area (Å²) in [6.07, 6.45) is 1.98. The Morgan fingerprint density at radius 1 is 0.486 bits per heavy atom. The normalized spacial score (nSPS) is 13.8. The van der Waals surface area contributed by atoms with E-state index in [9.17, 15) is 10.2 Å². The van der Waals surface area contributed by atoms with Crippen molar-refractivity contribution in [1.29, 1.82) is 0 Å². The molecule has 0 radical (unpaired) electrons. The Hall–Kier alpha value is -1.26. The minimum absolute atomic E-state index is 0.0808. The van der Waals surface area contributed by atoms with E-state index in [0.29, 0.717) is 11.5 Å². The highest BCUT2D eigenvalue weighted by atomic mass is 32.2. The van der Waals surface area contributed by atoms with Gasteiger partial charge >= 0.3 is 0 Å². The average molecular weight is 545 g/mol. The van der Waals surface area contributed by atoms with E-state index in [1.165, 1.54) is 9.79 Å². The zero-order chi connectivity index (χ0) is 28.8. The van der Waals surface area contributed by atoms with Gasteiger partial charge in [-0.05, 0) is 58.8 Å². The summed E-state index contributed by atoms with van der Waals surface area (Å²) in [5, 5.41) is 22.5. The van der Waals surface area contributed by atoms with E-state index >= 15 is 0 Å². The van der Waals surface area contributed by atoms with Crippen molar-refractivity contribution in [3.63, 3.8) is 0 Å². The molecule has 0 atom stereocenters. The van der Waals surface area contributed by atoms with Gasteiger partial charge in [0.25, 0.3) is 0 Å². The number of thioether (sulfide) groups is 2. The van der Waals surface area contributed by atoms with Crippen LogP contribution in [0.3, 0.4) is 0 Å². The van der Waals surface area contributed by atoms with E-state index in [0.717, 1.165) is 35.1 Å². The predicted molar refractivity (Wildman–Crippen MR) is 166 cm³/mol. The molecule has 0 aliphatic heterocycles. The maximum Gasteiger partial charge on any atom is 0.123 e. The predicted octanol–water partition coefficient (Wildman–Crippen LogP) is 10.7. The molecule has 0 unspecified atom stereocenters. The lowest BCUT2D eigenvalue weighted by Crippen LogP contribution is -2.21. The van der Waals surface area contributed by atoms with Gasteiger partial charge in [-0.1, -0.05) is 96.9 Å². The van der Waals surface area contributed by atoms with Crippen molar-refractivity contribution in [2.24, 2.45) is 0 Å². The van der Waals surface area contributed by atoms with E-state index in [2.05, 4.69) is 121 Å². The van der Waals surface area contributed by atoms with Gasteiger partial charge in [0.05, 0.1) is 4.08 Å². The summed E-state index contributed by atoms with van der Waals surface area (Å²) in [6, 6.07) is 8.81. The summed E-state index contributed by atoms with van der Waals surface area (Å²) in [7, 11) is 0. The summed E-state index contributed by atoms with van der Waals surface area (Å²) in [5.41, 5.74) is 3.38. The fourth-order valence-electron chi connectivity index (χ4n) is 4.61. The monoisotopic (exact) mass is 544 g/mol. The van der Waals surface area contributed by atoms with Crippen molar-refractivity contribution in [2.45, 2.75) is 145 Å². The Kier molecular flexibility index (Phi) is 9.26. The van der Waals surface area contributed by atoms with Gasteiger partial charge < -0.3 is 10.2 Å². The average Bonchev–Trinajstić information content (AvgIpc) is 2.72. The Balaban J connectivity index is 2.69. The molecule has 0 fully saturated rings. The highest BCUT2D eigenvalue weighted by molar-refractivity contribution is 8.18. The fourth-order valence-corrected chi connectivity index (χ4v) is 7.50. The van der Waals surface area contributed by atoms with Crippen LogP contribution in [0.15, 0.2) is 34.1 Å². The minimum atomic E-state index is -0.158. The van der Waals surface area contributed by atoms with Gasteiger partial charge in [-0.3, -0.25) is 0 Å². The highest BCUT2D eigenvalue weighted by Gasteiger charge is 2.34. The molecule has 2 rings (SSSR count). The number of benzene rings is 2. The molecule has 0 spiro atoms. The Morgan fingerprint density at radius 3 is 0.865 bits per heavy atom. The Labute approximate surface area is 236 Å². The number of phenolic OH excluding ortho intramolecular Hbond substituents is 2. The third-order valence-electron chi connectivity index (χ3n) is 7.08. The summed E-state index contributed by atoms with van der Waals surface area (Å²) in [4.78, 5) is 2.41. The number of rotatable bonds is 6. The lowest BCUT2D eigenvalue weighted by atomic mass is 9.79. The lowest BCUT2D eigenvalue weighted by molar-refractivity contribution is 0.421. The molecule has 0 heterocycles. The van der Waals surface area contributed by atoms with Crippen LogP contribution in [-0.4, -0.2) is 14.3 Å². The number of hydrogen-bond acceptors (Lipinski definition) is 4. The quantitative estimate of drug-likeness (QED) is 0.280. The van der Waals surface area contributed by atoms with E-state index in [4.69, 9.17) is 0 Å². The van der Waals surface area contributed by atoms with Gasteiger partial charge in [0.1, 0.15) is 11.5 Å². The van der Waals surface area contributed by atoms with Crippen LogP contribution in [0, 0.1) is 0 Å². The molecular formula is C33H52O2S2. The van der Waals surface area contributed by atoms with E-state index in [-0.39, 0.29) is 25.7 Å².